The number of amides is 1. The van der Waals surface area contributed by atoms with Gasteiger partial charge in [-0.15, -0.1) is 0 Å². The lowest BCUT2D eigenvalue weighted by Gasteiger charge is -2.23. The molecule has 6 nitrogen and oxygen atoms in total. The van der Waals surface area contributed by atoms with Gasteiger partial charge in [-0.2, -0.15) is 0 Å². The van der Waals surface area contributed by atoms with Crippen molar-refractivity contribution in [1.82, 2.24) is 5.32 Å². The summed E-state index contributed by atoms with van der Waals surface area (Å²) >= 11 is 0. The van der Waals surface area contributed by atoms with Crippen molar-refractivity contribution in [2.45, 2.75) is 25.8 Å². The number of aliphatic carboxylic acids is 1. The van der Waals surface area contributed by atoms with Gasteiger partial charge in [-0.1, -0.05) is 6.92 Å². The number of ether oxygens (including phenoxy) is 1. The second-order valence-electron chi connectivity index (χ2n) is 4.44. The summed E-state index contributed by atoms with van der Waals surface area (Å²) in [5.41, 5.74) is 0. The van der Waals surface area contributed by atoms with Crippen molar-refractivity contribution >= 4 is 22.7 Å². The molecule has 1 saturated heterocycles. The van der Waals surface area contributed by atoms with Crippen LogP contribution in [0, 0.1) is 5.92 Å². The van der Waals surface area contributed by atoms with Crippen molar-refractivity contribution in [3.8, 4) is 0 Å². The molecule has 0 aromatic rings. The minimum absolute atomic E-state index is 0.0104. The Balaban J connectivity index is 2.26. The monoisotopic (exact) mass is 277 g/mol. The molecule has 0 aromatic carbocycles. The van der Waals surface area contributed by atoms with Crippen LogP contribution in [0.5, 0.6) is 0 Å². The minimum Gasteiger partial charge on any atom is -0.481 e. The summed E-state index contributed by atoms with van der Waals surface area (Å²) in [6, 6.07) is 0.0835. The van der Waals surface area contributed by atoms with E-state index in [9.17, 15) is 13.8 Å². The smallest absolute Gasteiger partial charge is 0.307 e. The Morgan fingerprint density at radius 3 is 2.61 bits per heavy atom. The van der Waals surface area contributed by atoms with Gasteiger partial charge in [0.25, 0.3) is 0 Å². The molecule has 0 bridgehead atoms. The highest BCUT2D eigenvalue weighted by molar-refractivity contribution is 7.85. The van der Waals surface area contributed by atoms with Crippen LogP contribution >= 0.6 is 0 Å². The average molecular weight is 277 g/mol. The molecule has 1 amide bonds. The number of carboxylic acids is 1. The van der Waals surface area contributed by atoms with E-state index in [1.54, 1.807) is 0 Å². The Labute approximate surface area is 109 Å². The molecule has 0 aromatic heterocycles. The molecule has 0 aliphatic carbocycles. The molecule has 1 heterocycles. The predicted octanol–water partition coefficient (Wildman–Crippen LogP) is -0.249. The molecule has 2 atom stereocenters. The lowest BCUT2D eigenvalue weighted by molar-refractivity contribution is -0.140. The molecule has 0 radical (unpaired) electrons. The maximum atomic E-state index is 11.6. The third-order valence-corrected chi connectivity index (χ3v) is 4.19. The summed E-state index contributed by atoms with van der Waals surface area (Å²) in [5.74, 6) is -2.08. The Bertz CT molecular complexity index is 327. The van der Waals surface area contributed by atoms with Crippen LogP contribution in [0.3, 0.4) is 0 Å². The average Bonchev–Trinajstić information content (AvgIpc) is 2.29. The van der Waals surface area contributed by atoms with Gasteiger partial charge >= 0.3 is 5.97 Å². The summed E-state index contributed by atoms with van der Waals surface area (Å²) in [7, 11) is -1.43. The lowest BCUT2D eigenvalue weighted by Crippen LogP contribution is -2.41. The molecule has 1 aliphatic rings. The fraction of sp³-hybridized carbons (Fsp3) is 0.818. The van der Waals surface area contributed by atoms with E-state index >= 15 is 0 Å². The van der Waals surface area contributed by atoms with Crippen LogP contribution in [0.4, 0.5) is 0 Å². The molecule has 1 rings (SSSR count). The number of hydrogen-bond donors (Lipinski definition) is 2. The van der Waals surface area contributed by atoms with Crippen LogP contribution in [0.25, 0.3) is 0 Å². The van der Waals surface area contributed by atoms with Crippen molar-refractivity contribution in [2.24, 2.45) is 5.92 Å². The predicted molar refractivity (Wildman–Crippen MR) is 66.7 cm³/mol. The van der Waals surface area contributed by atoms with Gasteiger partial charge in [0.1, 0.15) is 5.75 Å². The van der Waals surface area contributed by atoms with Gasteiger partial charge in [0.2, 0.25) is 5.91 Å². The number of carboxylic acid groups (broad SMARTS) is 1. The van der Waals surface area contributed by atoms with Crippen molar-refractivity contribution in [1.29, 1.82) is 0 Å². The van der Waals surface area contributed by atoms with E-state index in [-0.39, 0.29) is 23.5 Å². The normalized spacial score (nSPS) is 20.1. The molecule has 2 unspecified atom stereocenters. The van der Waals surface area contributed by atoms with E-state index in [0.717, 1.165) is 12.8 Å². The summed E-state index contributed by atoms with van der Waals surface area (Å²) in [4.78, 5) is 22.2. The molecular formula is C11H19NO5S. The van der Waals surface area contributed by atoms with E-state index in [1.807, 2.05) is 0 Å². The summed E-state index contributed by atoms with van der Waals surface area (Å²) in [5, 5.41) is 11.5. The van der Waals surface area contributed by atoms with Gasteiger partial charge in [-0.05, 0) is 12.8 Å². The number of rotatable bonds is 6. The van der Waals surface area contributed by atoms with Crippen molar-refractivity contribution in [3.05, 3.63) is 0 Å². The molecular weight excluding hydrogens is 258 g/mol. The van der Waals surface area contributed by atoms with Crippen LogP contribution in [-0.4, -0.2) is 52.0 Å². The first-order valence-corrected chi connectivity index (χ1v) is 7.42. The van der Waals surface area contributed by atoms with Crippen molar-refractivity contribution in [2.75, 3.05) is 24.7 Å². The fourth-order valence-corrected chi connectivity index (χ4v) is 2.86. The van der Waals surface area contributed by atoms with Gasteiger partial charge in [-0.3, -0.25) is 13.8 Å². The second-order valence-corrected chi connectivity index (χ2v) is 5.95. The van der Waals surface area contributed by atoms with E-state index in [2.05, 4.69) is 5.32 Å². The first-order chi connectivity index (χ1) is 8.49. The number of nitrogens with one attached hydrogen (secondary N) is 1. The Morgan fingerprint density at radius 1 is 1.44 bits per heavy atom. The Morgan fingerprint density at radius 2 is 2.06 bits per heavy atom. The van der Waals surface area contributed by atoms with Crippen LogP contribution in [0.2, 0.25) is 0 Å². The number of hydrogen-bond acceptors (Lipinski definition) is 4. The maximum absolute atomic E-state index is 11.6. The zero-order chi connectivity index (χ0) is 13.5. The molecule has 0 saturated carbocycles. The van der Waals surface area contributed by atoms with Gasteiger partial charge in [-0.25, -0.2) is 0 Å². The summed E-state index contributed by atoms with van der Waals surface area (Å²) in [6.07, 6.45) is 1.54. The molecule has 2 N–H and O–H groups in total. The molecule has 1 fully saturated rings. The topological polar surface area (TPSA) is 92.7 Å². The van der Waals surface area contributed by atoms with Crippen LogP contribution in [0.1, 0.15) is 19.8 Å². The maximum Gasteiger partial charge on any atom is 0.307 e. The highest BCUT2D eigenvalue weighted by Crippen LogP contribution is 2.06. The van der Waals surface area contributed by atoms with E-state index in [1.165, 1.54) is 6.92 Å². The Hall–Kier alpha value is -0.950. The highest BCUT2D eigenvalue weighted by Gasteiger charge is 2.20. The Kier molecular flexibility index (Phi) is 6.28. The third-order valence-electron chi connectivity index (χ3n) is 2.74. The molecule has 7 heteroatoms. The van der Waals surface area contributed by atoms with Gasteiger partial charge < -0.3 is 15.2 Å². The first-order valence-electron chi connectivity index (χ1n) is 5.94. The SMILES string of the molecule is CC(CS(=O)CC(=O)NC1CCOCC1)C(=O)O. The molecule has 18 heavy (non-hydrogen) atoms. The quantitative estimate of drug-likeness (QED) is 0.698. The standard InChI is InChI=1S/C11H19NO5S/c1-8(11(14)15)6-18(16)7-10(13)12-9-2-4-17-5-3-9/h8-9H,2-7H2,1H3,(H,12,13)(H,14,15). The van der Waals surface area contributed by atoms with Gasteiger partial charge in [0.05, 0.1) is 5.92 Å². The van der Waals surface area contributed by atoms with Crippen molar-refractivity contribution in [3.63, 3.8) is 0 Å². The van der Waals surface area contributed by atoms with Crippen molar-refractivity contribution < 1.29 is 23.6 Å². The summed E-state index contributed by atoms with van der Waals surface area (Å²) < 4.78 is 16.7. The van der Waals surface area contributed by atoms with Gasteiger partial charge in [0, 0.05) is 35.8 Å². The zero-order valence-corrected chi connectivity index (χ0v) is 11.2. The second kappa shape index (κ2) is 7.48. The van der Waals surface area contributed by atoms with Crippen LogP contribution in [-0.2, 0) is 25.1 Å². The van der Waals surface area contributed by atoms with Crippen LogP contribution in [0.15, 0.2) is 0 Å². The van der Waals surface area contributed by atoms with Crippen LogP contribution < -0.4 is 5.32 Å². The van der Waals surface area contributed by atoms with Gasteiger partial charge in [0.15, 0.2) is 0 Å². The molecule has 104 valence electrons. The zero-order valence-electron chi connectivity index (χ0n) is 10.4. The minimum atomic E-state index is -1.43. The fourth-order valence-electron chi connectivity index (χ4n) is 1.67. The van der Waals surface area contributed by atoms with E-state index in [4.69, 9.17) is 9.84 Å². The largest absolute Gasteiger partial charge is 0.481 e. The molecule has 1 aliphatic heterocycles. The molecule has 0 spiro atoms. The number of carbonyl (C=O) groups excluding carboxylic acids is 1. The lowest BCUT2D eigenvalue weighted by atomic mass is 10.1. The van der Waals surface area contributed by atoms with E-state index in [0.29, 0.717) is 13.2 Å². The summed E-state index contributed by atoms with van der Waals surface area (Å²) in [6.45, 7) is 2.74. The number of carbonyl (C=O) groups is 2. The third kappa shape index (κ3) is 5.59. The first kappa shape index (κ1) is 15.1. The van der Waals surface area contributed by atoms with E-state index < -0.39 is 22.7 Å². The highest BCUT2D eigenvalue weighted by atomic mass is 32.2.